The summed E-state index contributed by atoms with van der Waals surface area (Å²) in [4.78, 5) is 4.35. The van der Waals surface area contributed by atoms with Crippen molar-refractivity contribution in [2.45, 2.75) is 27.2 Å². The quantitative estimate of drug-likeness (QED) is 0.495. The Morgan fingerprint density at radius 1 is 1.50 bits per heavy atom. The maximum absolute atomic E-state index is 4.35. The first-order chi connectivity index (χ1) is 4.66. The molecule has 0 aromatic rings. The smallest absolute Gasteiger partial charge is 0.0485 e. The standard InChI is InChI=1S/C8H16BrN/c1-7(2)6-8(3)10-5-4-9/h7H,4-6H2,1-3H3/b10-8+. The van der Waals surface area contributed by atoms with Gasteiger partial charge in [0.05, 0.1) is 0 Å². The Balaban J connectivity index is 3.49. The van der Waals surface area contributed by atoms with Crippen molar-refractivity contribution >= 4 is 21.6 Å². The Hall–Kier alpha value is 0.150. The van der Waals surface area contributed by atoms with Crippen LogP contribution in [0, 0.1) is 5.92 Å². The molecule has 60 valence electrons. The molecule has 1 nitrogen and oxygen atoms in total. The summed E-state index contributed by atoms with van der Waals surface area (Å²) in [6, 6.07) is 0. The highest BCUT2D eigenvalue weighted by atomic mass is 79.9. The zero-order chi connectivity index (χ0) is 7.98. The molecule has 2 heteroatoms. The van der Waals surface area contributed by atoms with Gasteiger partial charge in [-0.05, 0) is 19.3 Å². The van der Waals surface area contributed by atoms with Gasteiger partial charge in [-0.2, -0.15) is 0 Å². The Labute approximate surface area is 72.1 Å². The van der Waals surface area contributed by atoms with E-state index in [0.29, 0.717) is 0 Å². The van der Waals surface area contributed by atoms with Crippen LogP contribution in [0.1, 0.15) is 27.2 Å². The van der Waals surface area contributed by atoms with Crippen LogP contribution in [0.25, 0.3) is 0 Å². The van der Waals surface area contributed by atoms with E-state index in [1.54, 1.807) is 0 Å². The molecule has 0 N–H and O–H groups in total. The van der Waals surface area contributed by atoms with Gasteiger partial charge < -0.3 is 0 Å². The Kier molecular flexibility index (Phi) is 5.99. The maximum atomic E-state index is 4.35. The highest BCUT2D eigenvalue weighted by molar-refractivity contribution is 9.09. The van der Waals surface area contributed by atoms with E-state index in [2.05, 4.69) is 41.7 Å². The predicted octanol–water partition coefficient (Wildman–Crippen LogP) is 2.89. The second-order valence-corrected chi connectivity index (χ2v) is 3.70. The molecule has 0 aliphatic heterocycles. The molecule has 0 aromatic heterocycles. The SMILES string of the molecule is C/C(CC(C)C)=N\CCBr. The fourth-order valence-corrected chi connectivity index (χ4v) is 1.07. The second kappa shape index (κ2) is 5.90. The average Bonchev–Trinajstić information content (AvgIpc) is 1.82. The fourth-order valence-electron chi connectivity index (χ4n) is 0.888. The minimum absolute atomic E-state index is 0.735. The summed E-state index contributed by atoms with van der Waals surface area (Å²) in [5, 5.41) is 0.975. The summed E-state index contributed by atoms with van der Waals surface area (Å²) >= 11 is 3.34. The Morgan fingerprint density at radius 3 is 2.50 bits per heavy atom. The highest BCUT2D eigenvalue weighted by Crippen LogP contribution is 2.00. The van der Waals surface area contributed by atoms with Crippen LogP contribution in [0.15, 0.2) is 4.99 Å². The Morgan fingerprint density at radius 2 is 2.10 bits per heavy atom. The molecular weight excluding hydrogens is 190 g/mol. The van der Waals surface area contributed by atoms with Crippen molar-refractivity contribution in [1.82, 2.24) is 0 Å². The third-order valence-electron chi connectivity index (χ3n) is 1.17. The molecule has 0 bridgehead atoms. The van der Waals surface area contributed by atoms with Crippen LogP contribution in [0.5, 0.6) is 0 Å². The zero-order valence-electron chi connectivity index (χ0n) is 7.02. The molecule has 0 atom stereocenters. The van der Waals surface area contributed by atoms with Crippen LogP contribution in [-0.4, -0.2) is 17.6 Å². The molecule has 0 rings (SSSR count). The first-order valence-corrected chi connectivity index (χ1v) is 4.85. The normalized spacial score (nSPS) is 12.7. The van der Waals surface area contributed by atoms with Crippen LogP contribution >= 0.6 is 15.9 Å². The van der Waals surface area contributed by atoms with Crippen molar-refractivity contribution in [2.24, 2.45) is 10.9 Å². The van der Waals surface area contributed by atoms with Gasteiger partial charge in [0, 0.05) is 17.6 Å². The van der Waals surface area contributed by atoms with Crippen molar-refractivity contribution in [3.05, 3.63) is 0 Å². The number of nitrogens with zero attached hydrogens (tertiary/aromatic N) is 1. The van der Waals surface area contributed by atoms with Crippen LogP contribution < -0.4 is 0 Å². The lowest BCUT2D eigenvalue weighted by molar-refractivity contribution is 0.681. The lowest BCUT2D eigenvalue weighted by Crippen LogP contribution is -1.99. The predicted molar refractivity (Wildman–Crippen MR) is 51.2 cm³/mol. The zero-order valence-corrected chi connectivity index (χ0v) is 8.61. The fraction of sp³-hybridized carbons (Fsp3) is 0.875. The largest absolute Gasteiger partial charge is 0.294 e. The number of aliphatic imine (C=N–C) groups is 1. The monoisotopic (exact) mass is 205 g/mol. The summed E-state index contributed by atoms with van der Waals surface area (Å²) in [6.07, 6.45) is 1.13. The van der Waals surface area contributed by atoms with E-state index in [0.717, 1.165) is 24.2 Å². The molecule has 0 aliphatic rings. The summed E-state index contributed by atoms with van der Waals surface area (Å²) in [6.45, 7) is 7.45. The minimum Gasteiger partial charge on any atom is -0.294 e. The lowest BCUT2D eigenvalue weighted by atomic mass is 10.1. The van der Waals surface area contributed by atoms with Gasteiger partial charge in [0.1, 0.15) is 0 Å². The average molecular weight is 206 g/mol. The number of alkyl halides is 1. The molecular formula is C8H16BrN. The summed E-state index contributed by atoms with van der Waals surface area (Å²) < 4.78 is 0. The van der Waals surface area contributed by atoms with E-state index >= 15 is 0 Å². The van der Waals surface area contributed by atoms with Gasteiger partial charge in [0.15, 0.2) is 0 Å². The first-order valence-electron chi connectivity index (χ1n) is 3.72. The van der Waals surface area contributed by atoms with Gasteiger partial charge in [-0.15, -0.1) is 0 Å². The van der Waals surface area contributed by atoms with Crippen molar-refractivity contribution < 1.29 is 0 Å². The van der Waals surface area contributed by atoms with Crippen LogP contribution in [0.2, 0.25) is 0 Å². The highest BCUT2D eigenvalue weighted by Gasteiger charge is 1.95. The maximum Gasteiger partial charge on any atom is 0.0485 e. The molecule has 0 radical (unpaired) electrons. The molecule has 0 heterocycles. The minimum atomic E-state index is 0.735. The van der Waals surface area contributed by atoms with Crippen LogP contribution in [-0.2, 0) is 0 Å². The van der Waals surface area contributed by atoms with Gasteiger partial charge in [0.25, 0.3) is 0 Å². The first kappa shape index (κ1) is 10.2. The topological polar surface area (TPSA) is 12.4 Å². The van der Waals surface area contributed by atoms with Gasteiger partial charge in [-0.25, -0.2) is 0 Å². The molecule has 0 aliphatic carbocycles. The van der Waals surface area contributed by atoms with Gasteiger partial charge >= 0.3 is 0 Å². The van der Waals surface area contributed by atoms with Crippen molar-refractivity contribution in [2.75, 3.05) is 11.9 Å². The van der Waals surface area contributed by atoms with Crippen molar-refractivity contribution in [3.8, 4) is 0 Å². The summed E-state index contributed by atoms with van der Waals surface area (Å²) in [5.41, 5.74) is 1.27. The van der Waals surface area contributed by atoms with E-state index in [9.17, 15) is 0 Å². The van der Waals surface area contributed by atoms with Gasteiger partial charge in [0.2, 0.25) is 0 Å². The number of halogens is 1. The van der Waals surface area contributed by atoms with E-state index in [1.165, 1.54) is 5.71 Å². The summed E-state index contributed by atoms with van der Waals surface area (Å²) in [7, 11) is 0. The lowest BCUT2D eigenvalue weighted by Gasteiger charge is -2.02. The van der Waals surface area contributed by atoms with E-state index in [-0.39, 0.29) is 0 Å². The van der Waals surface area contributed by atoms with Crippen LogP contribution in [0.4, 0.5) is 0 Å². The molecule has 0 saturated heterocycles. The van der Waals surface area contributed by atoms with E-state index < -0.39 is 0 Å². The van der Waals surface area contributed by atoms with Crippen molar-refractivity contribution in [3.63, 3.8) is 0 Å². The number of hydrogen-bond donors (Lipinski definition) is 0. The molecule has 0 saturated carbocycles. The summed E-state index contributed by atoms with van der Waals surface area (Å²) in [5.74, 6) is 0.735. The van der Waals surface area contributed by atoms with E-state index in [1.807, 2.05) is 0 Å². The number of hydrogen-bond acceptors (Lipinski definition) is 1. The second-order valence-electron chi connectivity index (χ2n) is 2.90. The van der Waals surface area contributed by atoms with Crippen LogP contribution in [0.3, 0.4) is 0 Å². The van der Waals surface area contributed by atoms with E-state index in [4.69, 9.17) is 0 Å². The molecule has 0 fully saturated rings. The van der Waals surface area contributed by atoms with Crippen molar-refractivity contribution in [1.29, 1.82) is 0 Å². The Bertz CT molecular complexity index is 108. The molecule has 0 amide bonds. The molecule has 0 spiro atoms. The molecule has 10 heavy (non-hydrogen) atoms. The molecule has 0 aromatic carbocycles. The molecule has 0 unspecified atom stereocenters. The van der Waals surface area contributed by atoms with Gasteiger partial charge in [-0.3, -0.25) is 4.99 Å². The third kappa shape index (κ3) is 6.27. The number of rotatable bonds is 4. The third-order valence-corrected chi connectivity index (χ3v) is 1.52. The van der Waals surface area contributed by atoms with Gasteiger partial charge in [-0.1, -0.05) is 29.8 Å².